The Morgan fingerprint density at radius 3 is 2.96 bits per heavy atom. The van der Waals surface area contributed by atoms with Gasteiger partial charge in [0.05, 0.1) is 10.4 Å². The van der Waals surface area contributed by atoms with Crippen LogP contribution in [0.2, 0.25) is 0 Å². The number of hydrogen-bond acceptors (Lipinski definition) is 4. The molecular formula is C20H23N3S. The van der Waals surface area contributed by atoms with E-state index < -0.39 is 0 Å². The zero-order valence-electron chi connectivity index (χ0n) is 14.0. The number of hydrogen-bond donors (Lipinski definition) is 1. The number of nitrogens with one attached hydrogen (secondary N) is 1. The highest BCUT2D eigenvalue weighted by Crippen LogP contribution is 2.32. The molecule has 0 aliphatic carbocycles. The molecule has 1 atom stereocenters. The number of anilines is 1. The third-order valence-electron chi connectivity index (χ3n) is 4.91. The molecule has 1 unspecified atom stereocenters. The van der Waals surface area contributed by atoms with Gasteiger partial charge in [0.2, 0.25) is 0 Å². The van der Waals surface area contributed by atoms with Gasteiger partial charge in [-0.1, -0.05) is 36.4 Å². The van der Waals surface area contributed by atoms with E-state index in [0.29, 0.717) is 6.04 Å². The Bertz CT molecular complexity index is 826. The third kappa shape index (κ3) is 3.04. The highest BCUT2D eigenvalue weighted by atomic mass is 32.1. The largest absolute Gasteiger partial charge is 0.374 e. The average molecular weight is 337 g/mol. The third-order valence-corrected chi connectivity index (χ3v) is 5.78. The van der Waals surface area contributed by atoms with Crippen LogP contribution in [-0.4, -0.2) is 24.5 Å². The van der Waals surface area contributed by atoms with Crippen molar-refractivity contribution in [2.45, 2.75) is 25.3 Å². The Balaban J connectivity index is 1.47. The van der Waals surface area contributed by atoms with Crippen molar-refractivity contribution in [2.75, 3.05) is 25.0 Å². The van der Waals surface area contributed by atoms with E-state index in [0.717, 1.165) is 19.5 Å². The van der Waals surface area contributed by atoms with Gasteiger partial charge in [-0.3, -0.25) is 0 Å². The molecule has 4 rings (SSSR count). The minimum Gasteiger partial charge on any atom is -0.374 e. The topological polar surface area (TPSA) is 28.2 Å². The first-order valence-electron chi connectivity index (χ1n) is 8.69. The molecule has 124 valence electrons. The van der Waals surface area contributed by atoms with Gasteiger partial charge in [-0.15, -0.1) is 0 Å². The smallest absolute Gasteiger partial charge is 0.0633 e. The molecule has 0 bridgehead atoms. The van der Waals surface area contributed by atoms with Gasteiger partial charge in [0.15, 0.2) is 0 Å². The molecule has 2 heterocycles. The van der Waals surface area contributed by atoms with Gasteiger partial charge in [0.25, 0.3) is 0 Å². The first kappa shape index (κ1) is 15.6. The Hall–Kier alpha value is -1.91. The fourth-order valence-corrected chi connectivity index (χ4v) is 4.46. The predicted molar refractivity (Wildman–Crippen MR) is 103 cm³/mol. The molecule has 0 radical (unpaired) electrons. The highest BCUT2D eigenvalue weighted by molar-refractivity contribution is 7.13. The highest BCUT2D eigenvalue weighted by Gasteiger charge is 2.20. The average Bonchev–Trinajstić information content (AvgIpc) is 2.96. The van der Waals surface area contributed by atoms with E-state index in [9.17, 15) is 0 Å². The summed E-state index contributed by atoms with van der Waals surface area (Å²) in [6.45, 7) is 2.10. The summed E-state index contributed by atoms with van der Waals surface area (Å²) in [6, 6.07) is 17.8. The first-order chi connectivity index (χ1) is 11.8. The molecule has 2 aromatic carbocycles. The summed E-state index contributed by atoms with van der Waals surface area (Å²) in [6.07, 6.45) is 3.40. The molecule has 0 saturated carbocycles. The molecule has 0 amide bonds. The second-order valence-electron chi connectivity index (χ2n) is 6.50. The van der Waals surface area contributed by atoms with E-state index in [1.165, 1.54) is 39.9 Å². The van der Waals surface area contributed by atoms with Gasteiger partial charge in [-0.25, -0.2) is 0 Å². The molecule has 0 fully saturated rings. The summed E-state index contributed by atoms with van der Waals surface area (Å²) >= 11 is 1.61. The lowest BCUT2D eigenvalue weighted by molar-refractivity contribution is 0.499. The maximum Gasteiger partial charge on any atom is 0.0633 e. The standard InChI is InChI=1S/C20H23N3S/c1-23-14-6-9-17(15-7-2-4-10-19(15)23)21-13-12-18-16-8-3-5-11-20(16)24-22-18/h2-5,7-8,10-11,17,21H,6,9,12-14H2,1H3. The van der Waals surface area contributed by atoms with Crippen molar-refractivity contribution in [3.8, 4) is 0 Å². The van der Waals surface area contributed by atoms with E-state index in [1.54, 1.807) is 11.5 Å². The second-order valence-corrected chi connectivity index (χ2v) is 7.31. The summed E-state index contributed by atoms with van der Waals surface area (Å²) in [7, 11) is 2.20. The van der Waals surface area contributed by atoms with Crippen LogP contribution < -0.4 is 10.2 Å². The summed E-state index contributed by atoms with van der Waals surface area (Å²) < 4.78 is 5.93. The number of rotatable bonds is 4. The monoisotopic (exact) mass is 337 g/mol. The molecule has 4 heteroatoms. The summed E-state index contributed by atoms with van der Waals surface area (Å²) in [5, 5.41) is 5.09. The quantitative estimate of drug-likeness (QED) is 0.765. The van der Waals surface area contributed by atoms with Crippen LogP contribution in [-0.2, 0) is 6.42 Å². The van der Waals surface area contributed by atoms with Gasteiger partial charge in [0, 0.05) is 43.7 Å². The van der Waals surface area contributed by atoms with Crippen LogP contribution in [0.15, 0.2) is 48.5 Å². The van der Waals surface area contributed by atoms with Gasteiger partial charge in [-0.05, 0) is 42.1 Å². The van der Waals surface area contributed by atoms with Crippen molar-refractivity contribution in [1.29, 1.82) is 0 Å². The molecule has 0 saturated heterocycles. The molecule has 0 spiro atoms. The minimum atomic E-state index is 0.441. The Morgan fingerprint density at radius 1 is 1.17 bits per heavy atom. The van der Waals surface area contributed by atoms with Gasteiger partial charge in [0.1, 0.15) is 0 Å². The predicted octanol–water partition coefficient (Wildman–Crippen LogP) is 4.40. The van der Waals surface area contributed by atoms with Crippen LogP contribution in [0.5, 0.6) is 0 Å². The molecule has 1 aromatic heterocycles. The number of benzene rings is 2. The SMILES string of the molecule is CN1CCCC(NCCc2nsc3ccccc23)c2ccccc21. The number of fused-ring (bicyclic) bond motifs is 2. The minimum absolute atomic E-state index is 0.441. The lowest BCUT2D eigenvalue weighted by atomic mass is 10.0. The van der Waals surface area contributed by atoms with E-state index in [1.807, 2.05) is 0 Å². The van der Waals surface area contributed by atoms with Crippen LogP contribution in [0.3, 0.4) is 0 Å². The van der Waals surface area contributed by atoms with Crippen LogP contribution in [0.25, 0.3) is 10.1 Å². The number of nitrogens with zero attached hydrogens (tertiary/aromatic N) is 2. The Kier molecular flexibility index (Phi) is 4.50. The van der Waals surface area contributed by atoms with E-state index in [4.69, 9.17) is 0 Å². The van der Waals surface area contributed by atoms with Crippen molar-refractivity contribution < 1.29 is 0 Å². The van der Waals surface area contributed by atoms with E-state index >= 15 is 0 Å². The molecule has 24 heavy (non-hydrogen) atoms. The number of aromatic nitrogens is 1. The molecule has 3 aromatic rings. The zero-order chi connectivity index (χ0) is 16.4. The van der Waals surface area contributed by atoms with Crippen molar-refractivity contribution in [3.63, 3.8) is 0 Å². The molecular weight excluding hydrogens is 314 g/mol. The van der Waals surface area contributed by atoms with Crippen LogP contribution in [0.4, 0.5) is 5.69 Å². The number of para-hydroxylation sites is 1. The molecule has 1 aliphatic heterocycles. The lowest BCUT2D eigenvalue weighted by Gasteiger charge is -2.22. The fourth-order valence-electron chi connectivity index (χ4n) is 3.63. The van der Waals surface area contributed by atoms with Gasteiger partial charge >= 0.3 is 0 Å². The molecule has 1 aliphatic rings. The summed E-state index contributed by atoms with van der Waals surface area (Å²) in [5.74, 6) is 0. The van der Waals surface area contributed by atoms with Crippen LogP contribution >= 0.6 is 11.5 Å². The Morgan fingerprint density at radius 2 is 2.00 bits per heavy atom. The van der Waals surface area contributed by atoms with Crippen LogP contribution in [0, 0.1) is 0 Å². The summed E-state index contributed by atoms with van der Waals surface area (Å²) in [4.78, 5) is 2.38. The maximum atomic E-state index is 4.65. The van der Waals surface area contributed by atoms with E-state index in [2.05, 4.69) is 70.2 Å². The summed E-state index contributed by atoms with van der Waals surface area (Å²) in [5.41, 5.74) is 4.02. The van der Waals surface area contributed by atoms with Crippen molar-refractivity contribution in [1.82, 2.24) is 9.69 Å². The second kappa shape index (κ2) is 6.91. The normalized spacial score (nSPS) is 17.7. The van der Waals surface area contributed by atoms with Gasteiger partial charge < -0.3 is 10.2 Å². The van der Waals surface area contributed by atoms with Crippen molar-refractivity contribution >= 4 is 27.3 Å². The molecule has 1 N–H and O–H groups in total. The lowest BCUT2D eigenvalue weighted by Crippen LogP contribution is -2.24. The Labute approximate surface area is 147 Å². The fraction of sp³-hybridized carbons (Fsp3) is 0.350. The maximum absolute atomic E-state index is 4.65. The van der Waals surface area contributed by atoms with Crippen molar-refractivity contribution in [2.24, 2.45) is 0 Å². The zero-order valence-corrected chi connectivity index (χ0v) is 14.9. The van der Waals surface area contributed by atoms with E-state index in [-0.39, 0.29) is 0 Å². The first-order valence-corrected chi connectivity index (χ1v) is 9.47. The van der Waals surface area contributed by atoms with Crippen molar-refractivity contribution in [3.05, 3.63) is 59.8 Å². The molecule has 3 nitrogen and oxygen atoms in total. The van der Waals surface area contributed by atoms with Crippen LogP contribution in [0.1, 0.15) is 30.1 Å². The van der Waals surface area contributed by atoms with Gasteiger partial charge in [-0.2, -0.15) is 4.37 Å².